The minimum absolute atomic E-state index is 0.0223. The van der Waals surface area contributed by atoms with Gasteiger partial charge < -0.3 is 0 Å². The first-order chi connectivity index (χ1) is 36.5. The Balaban J connectivity index is 0.995. The van der Waals surface area contributed by atoms with Crippen LogP contribution in [0.3, 0.4) is 0 Å². The lowest BCUT2D eigenvalue weighted by Crippen LogP contribution is -2.11. The van der Waals surface area contributed by atoms with Crippen LogP contribution in [0.2, 0.25) is 0 Å². The molecule has 3 aromatic heterocycles. The number of aromatic nitrogens is 3. The minimum atomic E-state index is 0.0223. The molecule has 0 atom stereocenters. The van der Waals surface area contributed by atoms with E-state index in [0.29, 0.717) is 0 Å². The number of nitrogens with zero attached hydrogens (tertiary/aromatic N) is 3. The molecule has 0 N–H and O–H groups in total. The Kier molecular flexibility index (Phi) is 14.7. The molecule has 0 bridgehead atoms. The van der Waals surface area contributed by atoms with Crippen LogP contribution in [0.15, 0.2) is 219 Å². The van der Waals surface area contributed by atoms with Crippen molar-refractivity contribution in [2.45, 2.75) is 104 Å². The SMILES string of the molecule is CC(C)(C)c1ccc(-c2ccc(CCc3cc(CCc4ccc(-c5ccc(C(C)(C)C)cn5)cc4)cc(-c4ccccc4-c4ccc(-c5ccc(C(C)(C)C)cn5)cc4-c4ccc(-c5ccccc5)cc4)c3)cc2)nc1. The molecule has 0 aliphatic carbocycles. The van der Waals surface area contributed by atoms with Gasteiger partial charge in [-0.3, -0.25) is 15.0 Å². The van der Waals surface area contributed by atoms with Crippen LogP contribution in [0, 0.1) is 0 Å². The molecule has 10 rings (SSSR count). The van der Waals surface area contributed by atoms with Gasteiger partial charge in [0.05, 0.1) is 17.1 Å². The maximum atomic E-state index is 5.02. The van der Waals surface area contributed by atoms with Crippen molar-refractivity contribution in [2.75, 3.05) is 0 Å². The summed E-state index contributed by atoms with van der Waals surface area (Å²) in [6.45, 7) is 20.1. The number of benzene rings is 7. The van der Waals surface area contributed by atoms with E-state index < -0.39 is 0 Å². The van der Waals surface area contributed by atoms with Crippen LogP contribution in [-0.2, 0) is 41.9 Å². The molecule has 0 aliphatic heterocycles. The van der Waals surface area contributed by atoms with Gasteiger partial charge in [0.15, 0.2) is 0 Å². The van der Waals surface area contributed by atoms with Gasteiger partial charge in [0.25, 0.3) is 0 Å². The molecule has 10 aromatic rings. The second-order valence-corrected chi connectivity index (χ2v) is 23.7. The van der Waals surface area contributed by atoms with Crippen LogP contribution in [0.4, 0.5) is 0 Å². The summed E-state index contributed by atoms with van der Waals surface area (Å²) in [7, 11) is 0. The van der Waals surface area contributed by atoms with Crippen LogP contribution in [0.25, 0.3) is 78.3 Å². The summed E-state index contributed by atoms with van der Waals surface area (Å²) in [5.74, 6) is 0. The van der Waals surface area contributed by atoms with Gasteiger partial charge in [-0.2, -0.15) is 0 Å². The van der Waals surface area contributed by atoms with Gasteiger partial charge in [0, 0.05) is 35.3 Å². The predicted molar refractivity (Wildman–Crippen MR) is 322 cm³/mol. The summed E-state index contributed by atoms with van der Waals surface area (Å²) in [4.78, 5) is 14.7. The summed E-state index contributed by atoms with van der Waals surface area (Å²) in [6, 6.07) is 74.0. The van der Waals surface area contributed by atoms with Crippen molar-refractivity contribution < 1.29 is 0 Å². The van der Waals surface area contributed by atoms with Crippen LogP contribution in [0.5, 0.6) is 0 Å². The quantitative estimate of drug-likeness (QED) is 0.116. The average molecular weight is 990 g/mol. The number of aryl methyl sites for hydroxylation is 4. The molecule has 378 valence electrons. The Morgan fingerprint density at radius 1 is 0.250 bits per heavy atom. The molecule has 3 heteroatoms. The first-order valence-corrected chi connectivity index (χ1v) is 27.1. The molecule has 3 heterocycles. The second-order valence-electron chi connectivity index (χ2n) is 23.7. The molecular formula is C73H71N3. The van der Waals surface area contributed by atoms with E-state index in [1.54, 1.807) is 0 Å². The molecule has 76 heavy (non-hydrogen) atoms. The molecule has 0 saturated heterocycles. The Hall–Kier alpha value is -8.01. The van der Waals surface area contributed by atoms with Crippen molar-refractivity contribution in [3.8, 4) is 78.3 Å². The van der Waals surface area contributed by atoms with Gasteiger partial charge in [-0.05, 0) is 150 Å². The van der Waals surface area contributed by atoms with E-state index in [9.17, 15) is 0 Å². The summed E-state index contributed by atoms with van der Waals surface area (Å²) in [6.07, 6.45) is 9.79. The Morgan fingerprint density at radius 2 is 0.618 bits per heavy atom. The lowest BCUT2D eigenvalue weighted by atomic mass is 9.86. The van der Waals surface area contributed by atoms with Gasteiger partial charge in [0.2, 0.25) is 0 Å². The van der Waals surface area contributed by atoms with E-state index in [0.717, 1.165) is 59.5 Å². The molecule has 0 amide bonds. The van der Waals surface area contributed by atoms with Gasteiger partial charge in [-0.15, -0.1) is 0 Å². The van der Waals surface area contributed by atoms with Crippen molar-refractivity contribution in [1.82, 2.24) is 15.0 Å². The van der Waals surface area contributed by atoms with Crippen molar-refractivity contribution in [3.05, 3.63) is 258 Å². The topological polar surface area (TPSA) is 38.7 Å². The molecule has 0 unspecified atom stereocenters. The molecule has 0 radical (unpaired) electrons. The normalized spacial score (nSPS) is 12.0. The maximum Gasteiger partial charge on any atom is 0.0702 e. The molecule has 0 saturated carbocycles. The highest BCUT2D eigenvalue weighted by Gasteiger charge is 2.19. The molecule has 0 spiro atoms. The number of pyridine rings is 3. The van der Waals surface area contributed by atoms with Crippen LogP contribution in [0.1, 0.15) is 101 Å². The third kappa shape index (κ3) is 12.1. The molecule has 3 nitrogen and oxygen atoms in total. The van der Waals surface area contributed by atoms with Crippen molar-refractivity contribution in [1.29, 1.82) is 0 Å². The third-order valence-corrected chi connectivity index (χ3v) is 15.0. The third-order valence-electron chi connectivity index (χ3n) is 15.0. The predicted octanol–water partition coefficient (Wildman–Crippen LogP) is 19.0. The number of rotatable bonds is 13. The summed E-state index contributed by atoms with van der Waals surface area (Å²) < 4.78 is 0. The van der Waals surface area contributed by atoms with Crippen LogP contribution in [-0.4, -0.2) is 15.0 Å². The van der Waals surface area contributed by atoms with E-state index >= 15 is 0 Å². The highest BCUT2D eigenvalue weighted by Crippen LogP contribution is 2.42. The fourth-order valence-electron chi connectivity index (χ4n) is 10.1. The standard InChI is InChI=1S/C73H71N3/c1-71(2,3)61-36-40-68(74-47-61)57-27-23-50(24-28-57)19-21-52-43-53(22-20-51-25-29-58(30-26-51)69-41-37-62(48-75-69)72(4,5)6)45-60(44-52)64-17-13-14-18-65(64)66-39-35-59(70-42-38-63(49-76-70)73(7,8)9)46-67(66)56-33-31-55(32-34-56)54-15-11-10-12-16-54/h10-18,23-49H,19-22H2,1-9H3. The highest BCUT2D eigenvalue weighted by molar-refractivity contribution is 5.94. The van der Waals surface area contributed by atoms with E-state index in [2.05, 4.69) is 263 Å². The van der Waals surface area contributed by atoms with Crippen molar-refractivity contribution >= 4 is 0 Å². The van der Waals surface area contributed by atoms with E-state index in [1.807, 2.05) is 18.6 Å². The maximum absolute atomic E-state index is 5.02. The molecular weight excluding hydrogens is 919 g/mol. The fraction of sp³-hybridized carbons (Fsp3) is 0.219. The summed E-state index contributed by atoms with van der Waals surface area (Å²) in [5, 5.41) is 0. The van der Waals surface area contributed by atoms with Crippen molar-refractivity contribution in [3.63, 3.8) is 0 Å². The Bertz CT molecular complexity index is 3430. The Morgan fingerprint density at radius 3 is 1.07 bits per heavy atom. The molecule has 0 fully saturated rings. The first-order valence-electron chi connectivity index (χ1n) is 27.1. The largest absolute Gasteiger partial charge is 0.256 e. The molecule has 7 aromatic carbocycles. The van der Waals surface area contributed by atoms with Gasteiger partial charge in [-0.25, -0.2) is 0 Å². The summed E-state index contributed by atoms with van der Waals surface area (Å²) in [5.41, 5.74) is 25.1. The zero-order valence-electron chi connectivity index (χ0n) is 46.0. The van der Waals surface area contributed by atoms with Crippen LogP contribution >= 0.6 is 0 Å². The fourth-order valence-corrected chi connectivity index (χ4v) is 10.1. The second kappa shape index (κ2) is 21.7. The monoisotopic (exact) mass is 990 g/mol. The van der Waals surface area contributed by atoms with E-state index in [4.69, 9.17) is 15.0 Å². The lowest BCUT2D eigenvalue weighted by Gasteiger charge is -2.19. The van der Waals surface area contributed by atoms with E-state index in [1.165, 1.54) is 83.5 Å². The lowest BCUT2D eigenvalue weighted by molar-refractivity contribution is 0.587. The zero-order chi connectivity index (χ0) is 53.0. The van der Waals surface area contributed by atoms with Gasteiger partial charge >= 0.3 is 0 Å². The number of hydrogen-bond acceptors (Lipinski definition) is 3. The highest BCUT2D eigenvalue weighted by atomic mass is 14.7. The van der Waals surface area contributed by atoms with Gasteiger partial charge in [-0.1, -0.05) is 238 Å². The minimum Gasteiger partial charge on any atom is -0.256 e. The Labute approximate surface area is 452 Å². The number of hydrogen-bond donors (Lipinski definition) is 0. The first kappa shape index (κ1) is 51.5. The van der Waals surface area contributed by atoms with E-state index in [-0.39, 0.29) is 16.2 Å². The van der Waals surface area contributed by atoms with Crippen LogP contribution < -0.4 is 0 Å². The zero-order valence-corrected chi connectivity index (χ0v) is 46.0. The average Bonchev–Trinajstić information content (AvgIpc) is 3.44. The van der Waals surface area contributed by atoms with Crippen molar-refractivity contribution in [2.24, 2.45) is 0 Å². The van der Waals surface area contributed by atoms with Gasteiger partial charge in [0.1, 0.15) is 0 Å². The molecule has 0 aliphatic rings. The summed E-state index contributed by atoms with van der Waals surface area (Å²) >= 11 is 0. The smallest absolute Gasteiger partial charge is 0.0702 e.